The summed E-state index contributed by atoms with van der Waals surface area (Å²) < 4.78 is 15.5. The molecule has 1 amide bonds. The van der Waals surface area contributed by atoms with Crippen LogP contribution >= 0.6 is 0 Å². The third kappa shape index (κ3) is 18.0. The van der Waals surface area contributed by atoms with Gasteiger partial charge in [-0.1, -0.05) is 6.92 Å². The van der Waals surface area contributed by atoms with Crippen LogP contribution in [0, 0.1) is 0 Å². The summed E-state index contributed by atoms with van der Waals surface area (Å²) in [6.45, 7) is 10.2. The minimum atomic E-state index is -1.40. The van der Waals surface area contributed by atoms with E-state index in [1.807, 2.05) is 27.7 Å². The molecule has 0 rings (SSSR count). The normalized spacial score (nSPS) is 9.18. The van der Waals surface area contributed by atoms with Gasteiger partial charge in [0.25, 0.3) is 0 Å². The van der Waals surface area contributed by atoms with Gasteiger partial charge in [-0.3, -0.25) is 0 Å². The minimum Gasteiger partial charge on any atom is -0.530 e. The van der Waals surface area contributed by atoms with Crippen molar-refractivity contribution in [1.29, 1.82) is 0 Å². The van der Waals surface area contributed by atoms with Gasteiger partial charge in [-0.25, -0.2) is 0 Å². The van der Waals surface area contributed by atoms with Crippen LogP contribution in [0.5, 0.6) is 0 Å². The van der Waals surface area contributed by atoms with Crippen molar-refractivity contribution >= 4 is 15.6 Å². The molecule has 0 atom stereocenters. The standard InChI is InChI=1S/C6H15O3Si.C4H9NO2/c1-4-7-10(8-5-2)9-6-3;1-2-3-5-4(6)7/h4-6H2,1-3H3;5H,2-3H2,1H3,(H,6,7)/q+1;/p-1. The third-order valence-corrected chi connectivity index (χ3v) is 2.88. The molecule has 7 heteroatoms. The van der Waals surface area contributed by atoms with Crippen molar-refractivity contribution in [1.82, 2.24) is 5.32 Å². The quantitative estimate of drug-likeness (QED) is 0.643. The second kappa shape index (κ2) is 15.4. The van der Waals surface area contributed by atoms with E-state index in [9.17, 15) is 9.90 Å². The number of carbonyl (C=O) groups is 1. The molecule has 0 saturated carbocycles. The van der Waals surface area contributed by atoms with Crippen LogP contribution in [0.1, 0.15) is 34.1 Å². The fourth-order valence-corrected chi connectivity index (χ4v) is 1.66. The Morgan fingerprint density at radius 3 is 1.65 bits per heavy atom. The van der Waals surface area contributed by atoms with E-state index in [1.54, 1.807) is 0 Å². The fraction of sp³-hybridized carbons (Fsp3) is 0.900. The van der Waals surface area contributed by atoms with Crippen LogP contribution in [-0.2, 0) is 13.3 Å². The first-order valence-electron chi connectivity index (χ1n) is 5.82. The summed E-state index contributed by atoms with van der Waals surface area (Å²) in [6, 6.07) is 0. The van der Waals surface area contributed by atoms with Crippen molar-refractivity contribution in [2.24, 2.45) is 0 Å². The molecule has 6 nitrogen and oxygen atoms in total. The first-order chi connectivity index (χ1) is 8.12. The van der Waals surface area contributed by atoms with Gasteiger partial charge in [-0.2, -0.15) is 13.3 Å². The maximum absolute atomic E-state index is 9.54. The number of carbonyl (C=O) groups excluding carboxylic acids is 1. The van der Waals surface area contributed by atoms with Gasteiger partial charge >= 0.3 is 9.53 Å². The van der Waals surface area contributed by atoms with Crippen molar-refractivity contribution in [2.45, 2.75) is 34.1 Å². The SMILES string of the molecule is CCCNC(=O)[O-].CCO[Si+](OCC)OCC. The Balaban J connectivity index is 0. The van der Waals surface area contributed by atoms with E-state index in [2.05, 4.69) is 5.32 Å². The molecule has 0 unspecified atom stereocenters. The van der Waals surface area contributed by atoms with Gasteiger partial charge in [0.15, 0.2) is 0 Å². The Bertz CT molecular complexity index is 157. The number of carboxylic acid groups (broad SMARTS) is 1. The number of rotatable bonds is 8. The zero-order valence-corrected chi connectivity index (χ0v) is 12.1. The van der Waals surface area contributed by atoms with E-state index in [1.165, 1.54) is 0 Å². The van der Waals surface area contributed by atoms with Crippen molar-refractivity contribution in [3.05, 3.63) is 0 Å². The van der Waals surface area contributed by atoms with Crippen LogP contribution < -0.4 is 10.4 Å². The molecule has 1 N–H and O–H groups in total. The van der Waals surface area contributed by atoms with Crippen molar-refractivity contribution in [3.8, 4) is 0 Å². The molecule has 0 aliphatic carbocycles. The van der Waals surface area contributed by atoms with Crippen LogP contribution in [0.25, 0.3) is 0 Å². The van der Waals surface area contributed by atoms with E-state index in [-0.39, 0.29) is 0 Å². The predicted octanol–water partition coefficient (Wildman–Crippen LogP) is 0.410. The number of hydrogen-bond acceptors (Lipinski definition) is 5. The average Bonchev–Trinajstić information content (AvgIpc) is 2.28. The highest BCUT2D eigenvalue weighted by Crippen LogP contribution is 1.91. The topological polar surface area (TPSA) is 79.9 Å². The Morgan fingerprint density at radius 2 is 1.47 bits per heavy atom. The maximum Gasteiger partial charge on any atom is 0.832 e. The van der Waals surface area contributed by atoms with Gasteiger partial charge in [0.2, 0.25) is 0 Å². The van der Waals surface area contributed by atoms with Gasteiger partial charge in [0, 0.05) is 6.54 Å². The summed E-state index contributed by atoms with van der Waals surface area (Å²) in [4.78, 5) is 9.54. The second-order valence-electron chi connectivity index (χ2n) is 2.76. The van der Waals surface area contributed by atoms with E-state index >= 15 is 0 Å². The number of nitrogens with one attached hydrogen (secondary N) is 1. The molecule has 102 valence electrons. The Labute approximate surface area is 105 Å². The predicted molar refractivity (Wildman–Crippen MR) is 64.3 cm³/mol. The summed E-state index contributed by atoms with van der Waals surface area (Å²) >= 11 is 0. The van der Waals surface area contributed by atoms with Crippen LogP contribution in [-0.4, -0.2) is 42.0 Å². The molecular weight excluding hydrogens is 242 g/mol. The lowest BCUT2D eigenvalue weighted by Gasteiger charge is -2.01. The van der Waals surface area contributed by atoms with Gasteiger partial charge in [-0.05, 0) is 27.2 Å². The fourth-order valence-electron chi connectivity index (χ4n) is 0.706. The van der Waals surface area contributed by atoms with Crippen LogP contribution in [0.3, 0.4) is 0 Å². The third-order valence-electron chi connectivity index (χ3n) is 1.31. The highest BCUT2D eigenvalue weighted by Gasteiger charge is 2.35. The monoisotopic (exact) mass is 265 g/mol. The molecule has 0 saturated heterocycles. The number of amides is 1. The molecule has 0 aromatic rings. The van der Waals surface area contributed by atoms with Gasteiger partial charge in [0.1, 0.15) is 6.09 Å². The van der Waals surface area contributed by atoms with Crippen molar-refractivity contribution < 1.29 is 23.2 Å². The molecule has 0 bridgehead atoms. The average molecular weight is 265 g/mol. The smallest absolute Gasteiger partial charge is 0.530 e. The summed E-state index contributed by atoms with van der Waals surface area (Å²) in [5.41, 5.74) is 0. The zero-order valence-electron chi connectivity index (χ0n) is 11.1. The maximum atomic E-state index is 9.54. The molecule has 17 heavy (non-hydrogen) atoms. The van der Waals surface area contributed by atoms with E-state index in [0.29, 0.717) is 26.4 Å². The lowest BCUT2D eigenvalue weighted by molar-refractivity contribution is -0.250. The molecule has 0 aliphatic heterocycles. The van der Waals surface area contributed by atoms with Crippen molar-refractivity contribution in [2.75, 3.05) is 26.4 Å². The minimum absolute atomic E-state index is 0.488. The van der Waals surface area contributed by atoms with Gasteiger partial charge in [-0.15, -0.1) is 0 Å². The summed E-state index contributed by atoms with van der Waals surface area (Å²) in [5.74, 6) is 0. The van der Waals surface area contributed by atoms with Crippen LogP contribution in [0.4, 0.5) is 4.79 Å². The lowest BCUT2D eigenvalue weighted by atomic mass is 10.5. The first kappa shape index (κ1) is 18.7. The lowest BCUT2D eigenvalue weighted by Crippen LogP contribution is -2.36. The highest BCUT2D eigenvalue weighted by molar-refractivity contribution is 6.36. The van der Waals surface area contributed by atoms with E-state index in [0.717, 1.165) is 6.42 Å². The summed E-state index contributed by atoms with van der Waals surface area (Å²) in [6.07, 6.45) is -0.379. The van der Waals surface area contributed by atoms with E-state index < -0.39 is 15.6 Å². The highest BCUT2D eigenvalue weighted by atomic mass is 28.3. The number of hydrogen-bond donors (Lipinski definition) is 1. The second-order valence-corrected chi connectivity index (χ2v) is 4.13. The largest absolute Gasteiger partial charge is 0.832 e. The summed E-state index contributed by atoms with van der Waals surface area (Å²) in [7, 11) is -1.40. The van der Waals surface area contributed by atoms with E-state index in [4.69, 9.17) is 13.3 Å². The molecular formula is C10H23NO5Si. The molecule has 0 aliphatic rings. The van der Waals surface area contributed by atoms with Gasteiger partial charge < -0.3 is 15.2 Å². The first-order valence-corrected chi connectivity index (χ1v) is 7.04. The van der Waals surface area contributed by atoms with Crippen LogP contribution in [0.15, 0.2) is 0 Å². The summed E-state index contributed by atoms with van der Waals surface area (Å²) in [5, 5.41) is 11.6. The Kier molecular flexibility index (Phi) is 16.9. The van der Waals surface area contributed by atoms with Crippen molar-refractivity contribution in [3.63, 3.8) is 0 Å². The molecule has 0 radical (unpaired) electrons. The molecule has 0 aromatic heterocycles. The Morgan fingerprint density at radius 1 is 1.06 bits per heavy atom. The Hall–Kier alpha value is -0.633. The molecule has 0 spiro atoms. The van der Waals surface area contributed by atoms with Gasteiger partial charge in [0.05, 0.1) is 19.8 Å². The molecule has 0 fully saturated rings. The van der Waals surface area contributed by atoms with Crippen LogP contribution in [0.2, 0.25) is 0 Å². The molecule has 0 heterocycles. The zero-order chi connectivity index (χ0) is 13.5. The molecule has 0 aromatic carbocycles.